The Labute approximate surface area is 169 Å². The molecule has 0 aliphatic carbocycles. The molecular formula is C17H29N5O7. The van der Waals surface area contributed by atoms with Crippen molar-refractivity contribution in [3.63, 3.8) is 0 Å². The fourth-order valence-electron chi connectivity index (χ4n) is 1.99. The average molecular weight is 415 g/mol. The molecule has 12 heteroatoms. The number of ether oxygens (including phenoxy) is 3. The number of amides is 2. The standard InChI is InChI=1S/C17H29N5O7/c1-17(2,3)29-13-15(24)19-6-9-28-11-10-27-8-5-18-14(23)12-21-7-4-20-16(21)22(25)26/h4,7H,5-6,8-13H2,1-3H3,(H,18,23)(H,19,24). The number of imidazole rings is 1. The number of aromatic nitrogens is 2. The van der Waals surface area contributed by atoms with Crippen molar-refractivity contribution < 1.29 is 28.7 Å². The second-order valence-corrected chi connectivity index (χ2v) is 6.94. The number of nitrogens with zero attached hydrogens (tertiary/aromatic N) is 3. The number of rotatable bonds is 14. The number of carbonyl (C=O) groups is 2. The van der Waals surface area contributed by atoms with Gasteiger partial charge in [0, 0.05) is 13.1 Å². The highest BCUT2D eigenvalue weighted by molar-refractivity contribution is 5.77. The first-order valence-corrected chi connectivity index (χ1v) is 9.17. The van der Waals surface area contributed by atoms with Crippen molar-refractivity contribution in [2.24, 2.45) is 0 Å². The first-order chi connectivity index (χ1) is 13.7. The minimum absolute atomic E-state index is 0.00647. The van der Waals surface area contributed by atoms with Crippen LogP contribution >= 0.6 is 0 Å². The van der Waals surface area contributed by atoms with E-state index < -0.39 is 4.92 Å². The lowest BCUT2D eigenvalue weighted by Gasteiger charge is -2.18. The van der Waals surface area contributed by atoms with E-state index in [4.69, 9.17) is 14.2 Å². The molecule has 0 saturated heterocycles. The van der Waals surface area contributed by atoms with Gasteiger partial charge in [0.25, 0.3) is 5.91 Å². The fourth-order valence-corrected chi connectivity index (χ4v) is 1.99. The van der Waals surface area contributed by atoms with Crippen LogP contribution in [0.2, 0.25) is 0 Å². The zero-order valence-corrected chi connectivity index (χ0v) is 17.0. The van der Waals surface area contributed by atoms with Crippen LogP contribution in [-0.2, 0) is 30.3 Å². The van der Waals surface area contributed by atoms with Crippen LogP contribution in [-0.4, -0.2) is 78.0 Å². The Kier molecular flexibility index (Phi) is 10.8. The smallest absolute Gasteiger partial charge is 0.390 e. The highest BCUT2D eigenvalue weighted by Crippen LogP contribution is 2.06. The number of nitrogens with one attached hydrogen (secondary N) is 2. The van der Waals surface area contributed by atoms with Crippen molar-refractivity contribution in [3.05, 3.63) is 22.5 Å². The van der Waals surface area contributed by atoms with Crippen molar-refractivity contribution in [2.75, 3.05) is 46.1 Å². The van der Waals surface area contributed by atoms with Crippen LogP contribution in [0, 0.1) is 10.1 Å². The molecule has 1 heterocycles. The Bertz CT molecular complexity index is 657. The van der Waals surface area contributed by atoms with Gasteiger partial charge in [0.2, 0.25) is 5.91 Å². The molecule has 12 nitrogen and oxygen atoms in total. The van der Waals surface area contributed by atoms with E-state index in [9.17, 15) is 19.7 Å². The first-order valence-electron chi connectivity index (χ1n) is 9.17. The molecule has 0 unspecified atom stereocenters. The molecule has 1 aromatic rings. The molecule has 0 atom stereocenters. The van der Waals surface area contributed by atoms with Gasteiger partial charge in [0.05, 0.1) is 32.0 Å². The Morgan fingerprint density at radius 2 is 1.69 bits per heavy atom. The third-order valence-electron chi connectivity index (χ3n) is 3.32. The van der Waals surface area contributed by atoms with Crippen molar-refractivity contribution in [3.8, 4) is 0 Å². The molecule has 2 amide bonds. The molecule has 1 aromatic heterocycles. The zero-order chi connectivity index (χ0) is 21.7. The molecule has 0 fully saturated rings. The van der Waals surface area contributed by atoms with Gasteiger partial charge in [-0.1, -0.05) is 4.98 Å². The van der Waals surface area contributed by atoms with Crippen molar-refractivity contribution in [1.29, 1.82) is 0 Å². The molecule has 0 spiro atoms. The van der Waals surface area contributed by atoms with Gasteiger partial charge in [-0.15, -0.1) is 0 Å². The summed E-state index contributed by atoms with van der Waals surface area (Å²) in [5.41, 5.74) is -0.359. The predicted molar refractivity (Wildman–Crippen MR) is 102 cm³/mol. The quantitative estimate of drug-likeness (QED) is 0.243. The first kappa shape index (κ1) is 24.5. The Hall–Kier alpha value is -2.57. The summed E-state index contributed by atoms with van der Waals surface area (Å²) < 4.78 is 17.1. The minimum atomic E-state index is -0.651. The van der Waals surface area contributed by atoms with E-state index in [1.807, 2.05) is 20.8 Å². The zero-order valence-electron chi connectivity index (χ0n) is 17.0. The number of hydrogen-bond acceptors (Lipinski definition) is 8. The number of nitro groups is 1. The van der Waals surface area contributed by atoms with E-state index >= 15 is 0 Å². The third kappa shape index (κ3) is 11.8. The molecule has 0 aliphatic rings. The summed E-state index contributed by atoms with van der Waals surface area (Å²) in [6.07, 6.45) is 2.63. The lowest BCUT2D eigenvalue weighted by Crippen LogP contribution is -2.34. The summed E-state index contributed by atoms with van der Waals surface area (Å²) in [6.45, 7) is 7.41. The van der Waals surface area contributed by atoms with Crippen molar-refractivity contribution >= 4 is 17.8 Å². The predicted octanol–water partition coefficient (Wildman–Crippen LogP) is -0.128. The van der Waals surface area contributed by atoms with Gasteiger partial charge in [-0.25, -0.2) is 4.57 Å². The summed E-state index contributed by atoms with van der Waals surface area (Å²) in [5.74, 6) is -0.958. The van der Waals surface area contributed by atoms with Gasteiger partial charge in [0.1, 0.15) is 19.0 Å². The molecule has 1 rings (SSSR count). The molecule has 2 N–H and O–H groups in total. The largest absolute Gasteiger partial charge is 0.435 e. The van der Waals surface area contributed by atoms with Crippen LogP contribution in [0.1, 0.15) is 20.8 Å². The molecule has 0 bridgehead atoms. The lowest BCUT2D eigenvalue weighted by atomic mass is 10.2. The van der Waals surface area contributed by atoms with Crippen LogP contribution in [0.15, 0.2) is 12.4 Å². The summed E-state index contributed by atoms with van der Waals surface area (Å²) in [4.78, 5) is 36.9. The minimum Gasteiger partial charge on any atom is -0.390 e. The van der Waals surface area contributed by atoms with E-state index in [-0.39, 0.29) is 49.7 Å². The van der Waals surface area contributed by atoms with E-state index in [0.717, 1.165) is 4.57 Å². The Morgan fingerprint density at radius 3 is 2.24 bits per heavy atom. The van der Waals surface area contributed by atoms with E-state index in [2.05, 4.69) is 15.6 Å². The maximum Gasteiger partial charge on any atom is 0.435 e. The molecule has 0 saturated carbocycles. The summed E-state index contributed by atoms with van der Waals surface area (Å²) in [5, 5.41) is 16.0. The third-order valence-corrected chi connectivity index (χ3v) is 3.32. The monoisotopic (exact) mass is 415 g/mol. The van der Waals surface area contributed by atoms with Crippen LogP contribution in [0.25, 0.3) is 0 Å². The maximum absolute atomic E-state index is 11.7. The van der Waals surface area contributed by atoms with Gasteiger partial charge < -0.3 is 35.0 Å². The fraction of sp³-hybridized carbons (Fsp3) is 0.706. The molecule has 0 aliphatic heterocycles. The SMILES string of the molecule is CC(C)(C)OCC(=O)NCCOCCOCCNC(=O)Cn1ccnc1[N+](=O)[O-]. The van der Waals surface area contributed by atoms with Gasteiger partial charge in [0.15, 0.2) is 6.54 Å². The molecule has 0 aromatic carbocycles. The Balaban J connectivity index is 1.96. The van der Waals surface area contributed by atoms with Gasteiger partial charge in [-0.05, 0) is 25.7 Å². The van der Waals surface area contributed by atoms with E-state index in [1.54, 1.807) is 0 Å². The summed E-state index contributed by atoms with van der Waals surface area (Å²) >= 11 is 0. The summed E-state index contributed by atoms with van der Waals surface area (Å²) in [6, 6.07) is 0. The summed E-state index contributed by atoms with van der Waals surface area (Å²) in [7, 11) is 0. The normalized spacial score (nSPS) is 11.3. The molecule has 0 radical (unpaired) electrons. The molecular weight excluding hydrogens is 386 g/mol. The highest BCUT2D eigenvalue weighted by Gasteiger charge is 2.16. The number of hydrogen-bond donors (Lipinski definition) is 2. The topological polar surface area (TPSA) is 147 Å². The highest BCUT2D eigenvalue weighted by atomic mass is 16.6. The maximum atomic E-state index is 11.7. The van der Waals surface area contributed by atoms with Crippen LogP contribution in [0.5, 0.6) is 0 Å². The van der Waals surface area contributed by atoms with E-state index in [0.29, 0.717) is 26.4 Å². The second-order valence-electron chi connectivity index (χ2n) is 6.94. The van der Waals surface area contributed by atoms with Gasteiger partial charge >= 0.3 is 5.95 Å². The van der Waals surface area contributed by atoms with Gasteiger partial charge in [-0.3, -0.25) is 9.59 Å². The second kappa shape index (κ2) is 12.8. The average Bonchev–Trinajstić information content (AvgIpc) is 3.09. The van der Waals surface area contributed by atoms with Crippen LogP contribution in [0.4, 0.5) is 5.95 Å². The number of carbonyl (C=O) groups excluding carboxylic acids is 2. The Morgan fingerprint density at radius 1 is 1.10 bits per heavy atom. The molecule has 29 heavy (non-hydrogen) atoms. The van der Waals surface area contributed by atoms with Crippen molar-refractivity contribution in [1.82, 2.24) is 20.2 Å². The van der Waals surface area contributed by atoms with Crippen LogP contribution < -0.4 is 10.6 Å². The van der Waals surface area contributed by atoms with E-state index in [1.165, 1.54) is 12.4 Å². The van der Waals surface area contributed by atoms with Crippen LogP contribution in [0.3, 0.4) is 0 Å². The lowest BCUT2D eigenvalue weighted by molar-refractivity contribution is -0.396. The molecule has 164 valence electrons. The van der Waals surface area contributed by atoms with Crippen molar-refractivity contribution in [2.45, 2.75) is 32.9 Å². The van der Waals surface area contributed by atoms with Gasteiger partial charge in [-0.2, -0.15) is 0 Å².